The lowest BCUT2D eigenvalue weighted by atomic mass is 9.98. The Balaban J connectivity index is 2.15. The van der Waals surface area contributed by atoms with E-state index in [1.165, 1.54) is 0 Å². The first-order valence-corrected chi connectivity index (χ1v) is 7.63. The fourth-order valence-electron chi connectivity index (χ4n) is 2.54. The van der Waals surface area contributed by atoms with Gasteiger partial charge in [-0.1, -0.05) is 0 Å². The van der Waals surface area contributed by atoms with Crippen molar-refractivity contribution in [2.24, 2.45) is 4.99 Å². The van der Waals surface area contributed by atoms with Crippen LogP contribution in [0.4, 0.5) is 0 Å². The van der Waals surface area contributed by atoms with Gasteiger partial charge in [0, 0.05) is 23.5 Å². The third kappa shape index (κ3) is 3.49. The minimum Gasteiger partial charge on any atom is -0.483 e. The van der Waals surface area contributed by atoms with Gasteiger partial charge in [0.1, 0.15) is 17.2 Å². The number of pyridine rings is 1. The number of nitrogens with one attached hydrogen (secondary N) is 1. The number of amidine groups is 1. The van der Waals surface area contributed by atoms with Gasteiger partial charge in [0.05, 0.1) is 17.3 Å². The topological polar surface area (TPSA) is 94.1 Å². The van der Waals surface area contributed by atoms with Crippen molar-refractivity contribution >= 4 is 11.5 Å². The Labute approximate surface area is 145 Å². The Morgan fingerprint density at radius 3 is 2.80 bits per heavy atom. The van der Waals surface area contributed by atoms with Crippen LogP contribution in [-0.2, 0) is 0 Å². The number of nitrogens with zero attached hydrogens (tertiary/aromatic N) is 4. The van der Waals surface area contributed by atoms with Gasteiger partial charge in [0.25, 0.3) is 0 Å². The van der Waals surface area contributed by atoms with Gasteiger partial charge in [0.15, 0.2) is 6.19 Å². The number of aliphatic imine (C=N–C) groups is 1. The smallest absolute Gasteiger partial charge is 0.182 e. The molecule has 0 amide bonds. The molecule has 0 unspecified atom stereocenters. The van der Waals surface area contributed by atoms with Crippen LogP contribution in [0.5, 0.6) is 5.75 Å². The number of rotatable bonds is 2. The molecule has 3 rings (SSSR count). The quantitative estimate of drug-likeness (QED) is 0.395. The highest BCUT2D eigenvalue weighted by Crippen LogP contribution is 2.37. The molecule has 0 saturated carbocycles. The summed E-state index contributed by atoms with van der Waals surface area (Å²) in [6.45, 7) is 3.84. The summed E-state index contributed by atoms with van der Waals surface area (Å²) in [5.41, 5.74) is 1.98. The van der Waals surface area contributed by atoms with Crippen LogP contribution < -0.4 is 10.1 Å². The molecule has 6 heteroatoms. The standard InChI is InChI=1S/C19H15N5O/c1-19(2)9-16(15-8-13(10-20)5-6-17(15)25-19)24-18(23-12-21)14-4-3-7-22-11-14/h3-9,11H,1-2H3,(H,23,24). The molecular weight excluding hydrogens is 314 g/mol. The molecule has 1 aromatic carbocycles. The van der Waals surface area contributed by atoms with Gasteiger partial charge in [0.2, 0.25) is 0 Å². The second kappa shape index (κ2) is 6.46. The van der Waals surface area contributed by atoms with Crippen LogP contribution >= 0.6 is 0 Å². The molecule has 122 valence electrons. The Bertz CT molecular complexity index is 946. The van der Waals surface area contributed by atoms with Gasteiger partial charge >= 0.3 is 0 Å². The number of hydrogen-bond acceptors (Lipinski definition) is 5. The number of ether oxygens (including phenoxy) is 1. The summed E-state index contributed by atoms with van der Waals surface area (Å²) >= 11 is 0. The largest absolute Gasteiger partial charge is 0.483 e. The Hall–Kier alpha value is -3.64. The molecule has 0 saturated heterocycles. The molecule has 0 aliphatic carbocycles. The van der Waals surface area contributed by atoms with Gasteiger partial charge in [-0.25, -0.2) is 4.99 Å². The summed E-state index contributed by atoms with van der Waals surface area (Å²) in [5, 5.41) is 20.8. The lowest BCUT2D eigenvalue weighted by Gasteiger charge is -2.30. The van der Waals surface area contributed by atoms with Crippen molar-refractivity contribution in [3.63, 3.8) is 0 Å². The summed E-state index contributed by atoms with van der Waals surface area (Å²) in [5.74, 6) is 1.03. The van der Waals surface area contributed by atoms with E-state index in [9.17, 15) is 0 Å². The van der Waals surface area contributed by atoms with E-state index in [-0.39, 0.29) is 0 Å². The molecule has 1 N–H and O–H groups in total. The fourth-order valence-corrected chi connectivity index (χ4v) is 2.54. The zero-order valence-corrected chi connectivity index (χ0v) is 13.8. The predicted octanol–water partition coefficient (Wildman–Crippen LogP) is 2.98. The van der Waals surface area contributed by atoms with Crippen LogP contribution in [0.2, 0.25) is 0 Å². The van der Waals surface area contributed by atoms with Crippen LogP contribution in [0.15, 0.2) is 53.8 Å². The first kappa shape index (κ1) is 16.2. The number of fused-ring (bicyclic) bond motifs is 1. The third-order valence-corrected chi connectivity index (χ3v) is 3.58. The van der Waals surface area contributed by atoms with E-state index in [0.717, 1.165) is 0 Å². The molecule has 1 aromatic heterocycles. The van der Waals surface area contributed by atoms with Gasteiger partial charge in [-0.2, -0.15) is 10.5 Å². The first-order valence-electron chi connectivity index (χ1n) is 7.63. The van der Waals surface area contributed by atoms with Crippen molar-refractivity contribution in [3.05, 3.63) is 65.5 Å². The van der Waals surface area contributed by atoms with E-state index < -0.39 is 5.60 Å². The molecule has 1 aliphatic rings. The molecule has 25 heavy (non-hydrogen) atoms. The van der Waals surface area contributed by atoms with E-state index in [2.05, 4.69) is 21.4 Å². The number of benzene rings is 1. The van der Waals surface area contributed by atoms with Crippen LogP contribution in [0, 0.1) is 22.8 Å². The SMILES string of the molecule is CC1(C)C=C(N=C(NC#N)c2cccnc2)c2cc(C#N)ccc2O1. The van der Waals surface area contributed by atoms with Gasteiger partial charge in [-0.05, 0) is 50.3 Å². The number of hydrogen-bond donors (Lipinski definition) is 1. The van der Waals surface area contributed by atoms with Crippen LogP contribution in [0.25, 0.3) is 5.70 Å². The summed E-state index contributed by atoms with van der Waals surface area (Å²) in [4.78, 5) is 8.69. The zero-order chi connectivity index (χ0) is 17.9. The summed E-state index contributed by atoms with van der Waals surface area (Å²) in [6.07, 6.45) is 7.05. The molecule has 2 aromatic rings. The average molecular weight is 329 g/mol. The predicted molar refractivity (Wildman–Crippen MR) is 93.4 cm³/mol. The van der Waals surface area contributed by atoms with Crippen molar-refractivity contribution in [2.45, 2.75) is 19.4 Å². The van der Waals surface area contributed by atoms with Crippen LogP contribution in [0.3, 0.4) is 0 Å². The molecule has 6 nitrogen and oxygen atoms in total. The normalized spacial score (nSPS) is 15.0. The van der Waals surface area contributed by atoms with Crippen molar-refractivity contribution in [1.29, 1.82) is 10.5 Å². The highest BCUT2D eigenvalue weighted by molar-refractivity contribution is 6.02. The van der Waals surface area contributed by atoms with E-state index in [1.54, 1.807) is 36.7 Å². The van der Waals surface area contributed by atoms with Crippen LogP contribution in [0.1, 0.15) is 30.5 Å². The number of aromatic nitrogens is 1. The van der Waals surface area contributed by atoms with Crippen molar-refractivity contribution in [2.75, 3.05) is 0 Å². The van der Waals surface area contributed by atoms with E-state index in [1.807, 2.05) is 32.2 Å². The maximum absolute atomic E-state index is 9.16. The zero-order valence-electron chi connectivity index (χ0n) is 13.8. The molecule has 1 aliphatic heterocycles. The van der Waals surface area contributed by atoms with Crippen molar-refractivity contribution < 1.29 is 4.74 Å². The highest BCUT2D eigenvalue weighted by Gasteiger charge is 2.27. The molecular formula is C19H15N5O. The Morgan fingerprint density at radius 2 is 2.12 bits per heavy atom. The summed E-state index contributed by atoms with van der Waals surface area (Å²) in [6, 6.07) is 10.9. The fraction of sp³-hybridized carbons (Fsp3) is 0.158. The maximum Gasteiger partial charge on any atom is 0.182 e. The van der Waals surface area contributed by atoms with E-state index in [4.69, 9.17) is 15.3 Å². The van der Waals surface area contributed by atoms with E-state index in [0.29, 0.717) is 34.0 Å². The van der Waals surface area contributed by atoms with Crippen molar-refractivity contribution in [3.8, 4) is 18.0 Å². The van der Waals surface area contributed by atoms with Crippen molar-refractivity contribution in [1.82, 2.24) is 10.3 Å². The molecule has 0 bridgehead atoms. The second-order valence-electron chi connectivity index (χ2n) is 6.00. The van der Waals surface area contributed by atoms with E-state index >= 15 is 0 Å². The van der Waals surface area contributed by atoms with Gasteiger partial charge < -0.3 is 4.74 Å². The summed E-state index contributed by atoms with van der Waals surface area (Å²) in [7, 11) is 0. The molecule has 0 radical (unpaired) electrons. The van der Waals surface area contributed by atoms with Crippen LogP contribution in [-0.4, -0.2) is 16.4 Å². The monoisotopic (exact) mass is 329 g/mol. The highest BCUT2D eigenvalue weighted by atomic mass is 16.5. The number of nitriles is 2. The molecule has 2 heterocycles. The Morgan fingerprint density at radius 1 is 1.28 bits per heavy atom. The maximum atomic E-state index is 9.16. The van der Waals surface area contributed by atoms with Gasteiger partial charge in [-0.15, -0.1) is 0 Å². The molecule has 0 atom stereocenters. The first-order chi connectivity index (χ1) is 12.0. The minimum absolute atomic E-state index is 0.382. The van der Waals surface area contributed by atoms with Gasteiger partial charge in [-0.3, -0.25) is 10.3 Å². The molecule has 0 fully saturated rings. The second-order valence-corrected chi connectivity index (χ2v) is 6.00. The lowest BCUT2D eigenvalue weighted by Crippen LogP contribution is -2.29. The Kier molecular flexibility index (Phi) is 4.20. The third-order valence-electron chi connectivity index (χ3n) is 3.58. The molecule has 0 spiro atoms. The minimum atomic E-state index is -0.563. The lowest BCUT2D eigenvalue weighted by molar-refractivity contribution is 0.158. The average Bonchev–Trinajstić information content (AvgIpc) is 2.61. The summed E-state index contributed by atoms with van der Waals surface area (Å²) < 4.78 is 5.94.